The largest absolute Gasteiger partial charge is 0.431 e. The number of halogens is 3. The van der Waals surface area contributed by atoms with Crippen molar-refractivity contribution in [3.05, 3.63) is 57.5 Å². The van der Waals surface area contributed by atoms with Crippen molar-refractivity contribution in [2.75, 3.05) is 24.6 Å². The van der Waals surface area contributed by atoms with Crippen molar-refractivity contribution < 1.29 is 26.4 Å². The monoisotopic (exact) mass is 429 g/mol. The molecule has 0 radical (unpaired) electrons. The highest BCUT2D eigenvalue weighted by atomic mass is 32.2. The lowest BCUT2D eigenvalue weighted by Gasteiger charge is -2.26. The van der Waals surface area contributed by atoms with Crippen LogP contribution in [0.5, 0.6) is 0 Å². The molecule has 1 aliphatic rings. The number of nitrogens with zero attached hydrogens (tertiary/aromatic N) is 1. The topological polar surface area (TPSA) is 113 Å². The maximum atomic E-state index is 13.4. The Morgan fingerprint density at radius 2 is 1.72 bits per heavy atom. The van der Waals surface area contributed by atoms with Gasteiger partial charge in [-0.3, -0.25) is 14.5 Å². The van der Waals surface area contributed by atoms with Crippen molar-refractivity contribution in [1.29, 1.82) is 0 Å². The van der Waals surface area contributed by atoms with Crippen LogP contribution in [-0.4, -0.2) is 48.8 Å². The highest BCUT2D eigenvalue weighted by molar-refractivity contribution is 7.91. The minimum atomic E-state index is -4.83. The Kier molecular flexibility index (Phi) is 5.54. The summed E-state index contributed by atoms with van der Waals surface area (Å²) in [4.78, 5) is 26.7. The molecule has 1 saturated heterocycles. The van der Waals surface area contributed by atoms with Gasteiger partial charge in [0.1, 0.15) is 11.3 Å². The molecule has 1 fully saturated rings. The number of sulfone groups is 1. The quantitative estimate of drug-likeness (QED) is 0.763. The van der Waals surface area contributed by atoms with E-state index in [4.69, 9.17) is 5.73 Å². The first-order valence-electron chi connectivity index (χ1n) is 8.63. The first-order valence-corrected chi connectivity index (χ1v) is 10.4. The van der Waals surface area contributed by atoms with E-state index in [9.17, 15) is 31.2 Å². The molecule has 1 aliphatic heterocycles. The number of rotatable bonds is 4. The van der Waals surface area contributed by atoms with Crippen LogP contribution < -0.4 is 11.3 Å². The van der Waals surface area contributed by atoms with Gasteiger partial charge in [0.15, 0.2) is 9.84 Å². The fraction of sp³-hybridized carbons (Fsp3) is 0.333. The van der Waals surface area contributed by atoms with Gasteiger partial charge in [0.2, 0.25) is 0 Å². The molecule has 1 amide bonds. The van der Waals surface area contributed by atoms with Crippen LogP contribution in [0.15, 0.2) is 35.1 Å². The first kappa shape index (κ1) is 21.1. The number of H-pyrrole nitrogens is 1. The third-order valence-corrected chi connectivity index (χ3v) is 6.31. The summed E-state index contributed by atoms with van der Waals surface area (Å²) in [5.41, 5.74) is 2.64. The summed E-state index contributed by atoms with van der Waals surface area (Å²) >= 11 is 0. The second-order valence-electron chi connectivity index (χ2n) is 6.79. The highest BCUT2D eigenvalue weighted by Gasteiger charge is 2.36. The van der Waals surface area contributed by atoms with E-state index in [1.165, 1.54) is 12.1 Å². The standard InChI is InChI=1S/C18H18F3N3O4S/c19-18(20,21)15-13(9-14(16(22)25)17(26)23-15)12-3-1-11(2-4-12)10-24-5-7-29(27,28)8-6-24/h1-4,9H,5-8,10H2,(H2,22,25)(H,23,26). The maximum Gasteiger partial charge on any atom is 0.431 e. The van der Waals surface area contributed by atoms with Gasteiger partial charge in [-0.05, 0) is 17.2 Å². The summed E-state index contributed by atoms with van der Waals surface area (Å²) < 4.78 is 63.0. The van der Waals surface area contributed by atoms with E-state index in [-0.39, 0.29) is 22.6 Å². The van der Waals surface area contributed by atoms with Gasteiger partial charge in [-0.15, -0.1) is 0 Å². The van der Waals surface area contributed by atoms with Crippen LogP contribution in [0.3, 0.4) is 0 Å². The number of nitrogens with two attached hydrogens (primary N) is 1. The van der Waals surface area contributed by atoms with Crippen molar-refractivity contribution in [3.8, 4) is 11.1 Å². The zero-order valence-electron chi connectivity index (χ0n) is 15.1. The molecule has 2 aromatic rings. The molecule has 3 rings (SSSR count). The first-order chi connectivity index (χ1) is 13.5. The predicted molar refractivity (Wildman–Crippen MR) is 99.9 cm³/mol. The molecule has 2 heterocycles. The summed E-state index contributed by atoms with van der Waals surface area (Å²) in [6.45, 7) is 1.24. The molecular formula is C18H18F3N3O4S. The number of benzene rings is 1. The van der Waals surface area contributed by atoms with Crippen molar-refractivity contribution in [3.63, 3.8) is 0 Å². The third-order valence-electron chi connectivity index (χ3n) is 4.70. The number of hydrogen-bond acceptors (Lipinski definition) is 5. The van der Waals surface area contributed by atoms with Gasteiger partial charge in [-0.1, -0.05) is 24.3 Å². The number of carbonyl (C=O) groups is 1. The molecule has 0 bridgehead atoms. The van der Waals surface area contributed by atoms with Gasteiger partial charge >= 0.3 is 6.18 Å². The van der Waals surface area contributed by atoms with Crippen LogP contribution in [0.1, 0.15) is 21.6 Å². The molecule has 0 unspecified atom stereocenters. The Bertz CT molecular complexity index is 1080. The second-order valence-corrected chi connectivity index (χ2v) is 9.09. The number of aromatic nitrogens is 1. The molecule has 3 N–H and O–H groups in total. The smallest absolute Gasteiger partial charge is 0.365 e. The minimum absolute atomic E-state index is 0.0767. The van der Waals surface area contributed by atoms with Crippen LogP contribution in [0, 0.1) is 0 Å². The van der Waals surface area contributed by atoms with E-state index in [1.807, 2.05) is 4.90 Å². The minimum Gasteiger partial charge on any atom is -0.365 e. The number of amides is 1. The van der Waals surface area contributed by atoms with Gasteiger partial charge in [0.05, 0.1) is 11.5 Å². The lowest BCUT2D eigenvalue weighted by atomic mass is 10.00. The van der Waals surface area contributed by atoms with Crippen LogP contribution in [0.2, 0.25) is 0 Å². The molecule has 7 nitrogen and oxygen atoms in total. The van der Waals surface area contributed by atoms with Crippen molar-refractivity contribution >= 4 is 15.7 Å². The summed E-state index contributed by atoms with van der Waals surface area (Å²) in [5, 5.41) is 0. The van der Waals surface area contributed by atoms with Crippen LogP contribution >= 0.6 is 0 Å². The van der Waals surface area contributed by atoms with Crippen molar-refractivity contribution in [2.24, 2.45) is 5.73 Å². The average Bonchev–Trinajstić information content (AvgIpc) is 2.63. The number of aromatic amines is 1. The van der Waals surface area contributed by atoms with Gasteiger partial charge in [-0.25, -0.2) is 8.42 Å². The second kappa shape index (κ2) is 7.64. The van der Waals surface area contributed by atoms with E-state index in [2.05, 4.69) is 0 Å². The van der Waals surface area contributed by atoms with Gasteiger partial charge in [-0.2, -0.15) is 13.2 Å². The van der Waals surface area contributed by atoms with E-state index >= 15 is 0 Å². The molecule has 0 atom stereocenters. The van der Waals surface area contributed by atoms with E-state index in [0.717, 1.165) is 11.6 Å². The molecule has 29 heavy (non-hydrogen) atoms. The Labute approximate surface area is 164 Å². The molecule has 1 aromatic carbocycles. The molecular weight excluding hydrogens is 411 g/mol. The van der Waals surface area contributed by atoms with Gasteiger partial charge in [0, 0.05) is 25.2 Å². The lowest BCUT2D eigenvalue weighted by Crippen LogP contribution is -2.39. The van der Waals surface area contributed by atoms with E-state index in [0.29, 0.717) is 19.6 Å². The van der Waals surface area contributed by atoms with Gasteiger partial charge in [0.25, 0.3) is 11.5 Å². The third kappa shape index (κ3) is 4.85. The zero-order valence-corrected chi connectivity index (χ0v) is 15.9. The zero-order chi connectivity index (χ0) is 21.4. The summed E-state index contributed by atoms with van der Waals surface area (Å²) in [6, 6.07) is 6.98. The molecule has 1 aromatic heterocycles. The molecule has 0 spiro atoms. The molecule has 0 aliphatic carbocycles. The number of carbonyl (C=O) groups excluding carboxylic acids is 1. The molecule has 156 valence electrons. The average molecular weight is 429 g/mol. The van der Waals surface area contributed by atoms with Crippen LogP contribution in [-0.2, 0) is 22.6 Å². The SMILES string of the molecule is NC(=O)c1cc(-c2ccc(CN3CCS(=O)(=O)CC3)cc2)c(C(F)(F)F)[nH]c1=O. The Balaban J connectivity index is 1.90. The van der Waals surface area contributed by atoms with E-state index < -0.39 is 38.7 Å². The number of nitrogens with one attached hydrogen (secondary N) is 1. The maximum absolute atomic E-state index is 13.4. The fourth-order valence-electron chi connectivity index (χ4n) is 3.12. The fourth-order valence-corrected chi connectivity index (χ4v) is 4.40. The van der Waals surface area contributed by atoms with Crippen molar-refractivity contribution in [1.82, 2.24) is 9.88 Å². The van der Waals surface area contributed by atoms with Crippen LogP contribution in [0.25, 0.3) is 11.1 Å². The summed E-state index contributed by atoms with van der Waals surface area (Å²) in [6.07, 6.45) is -4.83. The summed E-state index contributed by atoms with van der Waals surface area (Å²) in [7, 11) is -3.00. The lowest BCUT2D eigenvalue weighted by molar-refractivity contribution is -0.140. The molecule has 11 heteroatoms. The number of pyridine rings is 1. The van der Waals surface area contributed by atoms with E-state index in [1.54, 1.807) is 17.1 Å². The normalized spacial score (nSPS) is 17.2. The Morgan fingerprint density at radius 3 is 2.24 bits per heavy atom. The highest BCUT2D eigenvalue weighted by Crippen LogP contribution is 2.35. The predicted octanol–water partition coefficient (Wildman–Crippen LogP) is 1.39. The van der Waals surface area contributed by atoms with Gasteiger partial charge < -0.3 is 10.7 Å². The number of hydrogen-bond donors (Lipinski definition) is 2. The number of alkyl halides is 3. The molecule has 0 saturated carbocycles. The number of primary amides is 1. The Hall–Kier alpha value is -2.66. The van der Waals surface area contributed by atoms with Crippen molar-refractivity contribution in [2.45, 2.75) is 12.7 Å². The van der Waals surface area contributed by atoms with Crippen LogP contribution in [0.4, 0.5) is 13.2 Å². The summed E-state index contributed by atoms with van der Waals surface area (Å²) in [5.74, 6) is -0.974. The Morgan fingerprint density at radius 1 is 1.14 bits per heavy atom.